The van der Waals surface area contributed by atoms with Gasteiger partial charge in [0, 0.05) is 6.04 Å². The van der Waals surface area contributed by atoms with Gasteiger partial charge >= 0.3 is 5.97 Å². The molecule has 0 fully saturated rings. The van der Waals surface area contributed by atoms with Crippen LogP contribution in [0.5, 0.6) is 0 Å². The lowest BCUT2D eigenvalue weighted by atomic mass is 9.98. The summed E-state index contributed by atoms with van der Waals surface area (Å²) < 4.78 is 0. The van der Waals surface area contributed by atoms with Crippen molar-refractivity contribution in [2.45, 2.75) is 13.0 Å². The maximum Gasteiger partial charge on any atom is 0.317 e. The molecule has 0 radical (unpaired) electrons. The first-order chi connectivity index (χ1) is 9.63. The number of carboxylic acid groups (broad SMARTS) is 1. The van der Waals surface area contributed by atoms with Gasteiger partial charge in [0.15, 0.2) is 0 Å². The van der Waals surface area contributed by atoms with Crippen LogP contribution >= 0.6 is 0 Å². The molecule has 0 bridgehead atoms. The fraction of sp³-hybridized carbons (Fsp3) is 0.235. The van der Waals surface area contributed by atoms with Gasteiger partial charge in [-0.15, -0.1) is 6.42 Å². The number of aliphatic carboxylic acids is 1. The summed E-state index contributed by atoms with van der Waals surface area (Å²) in [6.45, 7) is 2.24. The number of nitrogens with zero attached hydrogens (tertiary/aromatic N) is 1. The Morgan fingerprint density at radius 3 is 2.70 bits per heavy atom. The van der Waals surface area contributed by atoms with Crippen molar-refractivity contribution >= 4 is 16.7 Å². The molecule has 0 heterocycles. The Morgan fingerprint density at radius 1 is 1.30 bits per heavy atom. The average Bonchev–Trinajstić information content (AvgIpc) is 2.45. The topological polar surface area (TPSA) is 40.5 Å². The molecule has 1 atom stereocenters. The molecule has 0 spiro atoms. The number of hydrogen-bond donors (Lipinski definition) is 1. The molecule has 1 N–H and O–H groups in total. The van der Waals surface area contributed by atoms with E-state index in [2.05, 4.69) is 12.0 Å². The zero-order valence-corrected chi connectivity index (χ0v) is 11.4. The molecule has 1 unspecified atom stereocenters. The Balaban J connectivity index is 2.41. The lowest BCUT2D eigenvalue weighted by Gasteiger charge is -2.26. The monoisotopic (exact) mass is 267 g/mol. The van der Waals surface area contributed by atoms with Crippen LogP contribution in [0.2, 0.25) is 0 Å². The summed E-state index contributed by atoms with van der Waals surface area (Å²) in [7, 11) is 0. The highest BCUT2D eigenvalue weighted by Crippen LogP contribution is 2.27. The molecular weight excluding hydrogens is 250 g/mol. The van der Waals surface area contributed by atoms with E-state index in [1.165, 1.54) is 0 Å². The molecule has 2 aromatic carbocycles. The Morgan fingerprint density at radius 2 is 2.00 bits per heavy atom. The summed E-state index contributed by atoms with van der Waals surface area (Å²) in [5.74, 6) is 1.67. The summed E-state index contributed by atoms with van der Waals surface area (Å²) in [6, 6.07) is 14.1. The van der Waals surface area contributed by atoms with E-state index in [-0.39, 0.29) is 12.6 Å². The number of hydrogen-bond acceptors (Lipinski definition) is 2. The molecule has 0 amide bonds. The molecule has 20 heavy (non-hydrogen) atoms. The fourth-order valence-corrected chi connectivity index (χ4v) is 2.43. The molecule has 2 aromatic rings. The van der Waals surface area contributed by atoms with Crippen molar-refractivity contribution in [2.24, 2.45) is 0 Å². The van der Waals surface area contributed by atoms with E-state index < -0.39 is 5.97 Å². The first-order valence-corrected chi connectivity index (χ1v) is 6.50. The van der Waals surface area contributed by atoms with E-state index in [9.17, 15) is 4.79 Å². The third kappa shape index (κ3) is 2.98. The number of terminal acetylenes is 1. The second-order valence-electron chi connectivity index (χ2n) is 4.75. The van der Waals surface area contributed by atoms with Crippen molar-refractivity contribution in [1.29, 1.82) is 0 Å². The smallest absolute Gasteiger partial charge is 0.317 e. The van der Waals surface area contributed by atoms with Gasteiger partial charge < -0.3 is 5.11 Å². The molecule has 102 valence electrons. The summed E-state index contributed by atoms with van der Waals surface area (Å²) >= 11 is 0. The molecule has 0 saturated carbocycles. The molecule has 3 nitrogen and oxygen atoms in total. The molecule has 0 aromatic heterocycles. The Labute approximate surface area is 118 Å². The van der Waals surface area contributed by atoms with Gasteiger partial charge in [-0.1, -0.05) is 48.4 Å². The minimum atomic E-state index is -0.868. The maximum atomic E-state index is 11.0. The summed E-state index contributed by atoms with van der Waals surface area (Å²) in [6.07, 6.45) is 5.35. The van der Waals surface area contributed by atoms with Crippen LogP contribution in [0, 0.1) is 12.3 Å². The van der Waals surface area contributed by atoms with Gasteiger partial charge in [0.25, 0.3) is 0 Å². The van der Waals surface area contributed by atoms with Crippen LogP contribution in [0.1, 0.15) is 18.5 Å². The average molecular weight is 267 g/mol. The van der Waals surface area contributed by atoms with Gasteiger partial charge in [-0.25, -0.2) is 0 Å². The van der Waals surface area contributed by atoms with Crippen LogP contribution in [-0.2, 0) is 4.79 Å². The van der Waals surface area contributed by atoms with Crippen molar-refractivity contribution in [3.63, 3.8) is 0 Å². The highest BCUT2D eigenvalue weighted by Gasteiger charge is 2.19. The minimum Gasteiger partial charge on any atom is -0.480 e. The van der Waals surface area contributed by atoms with Crippen molar-refractivity contribution in [3.8, 4) is 12.3 Å². The maximum absolute atomic E-state index is 11.0. The fourth-order valence-electron chi connectivity index (χ4n) is 2.43. The van der Waals surface area contributed by atoms with E-state index in [0.717, 1.165) is 16.3 Å². The summed E-state index contributed by atoms with van der Waals surface area (Å²) in [5, 5.41) is 11.3. The molecule has 3 heteroatoms. The van der Waals surface area contributed by atoms with E-state index in [0.29, 0.717) is 6.54 Å². The molecule has 0 aliphatic heterocycles. The van der Waals surface area contributed by atoms with Gasteiger partial charge in [-0.05, 0) is 23.3 Å². The van der Waals surface area contributed by atoms with Crippen LogP contribution in [0.25, 0.3) is 10.8 Å². The molecule has 2 rings (SSSR count). The minimum absolute atomic E-state index is 0.0479. The first-order valence-electron chi connectivity index (χ1n) is 6.50. The molecule has 0 aliphatic rings. The third-order valence-electron chi connectivity index (χ3n) is 3.45. The number of carboxylic acids is 1. The van der Waals surface area contributed by atoms with Gasteiger partial charge in [0.2, 0.25) is 0 Å². The zero-order valence-electron chi connectivity index (χ0n) is 11.4. The van der Waals surface area contributed by atoms with Crippen LogP contribution < -0.4 is 0 Å². The summed E-state index contributed by atoms with van der Waals surface area (Å²) in [4.78, 5) is 12.8. The van der Waals surface area contributed by atoms with Crippen LogP contribution in [-0.4, -0.2) is 29.1 Å². The number of carbonyl (C=O) groups is 1. The lowest BCUT2D eigenvalue weighted by Crippen LogP contribution is -2.32. The Bertz CT molecular complexity index is 652. The zero-order chi connectivity index (χ0) is 14.5. The Hall–Kier alpha value is -2.31. The number of rotatable bonds is 5. The van der Waals surface area contributed by atoms with Crippen LogP contribution in [0.4, 0.5) is 0 Å². The Kier molecular flexibility index (Phi) is 4.39. The van der Waals surface area contributed by atoms with Gasteiger partial charge in [0.05, 0.1) is 13.1 Å². The van der Waals surface area contributed by atoms with E-state index in [1.807, 2.05) is 43.3 Å². The molecule has 0 saturated heterocycles. The van der Waals surface area contributed by atoms with Gasteiger partial charge in [-0.3, -0.25) is 9.69 Å². The van der Waals surface area contributed by atoms with Gasteiger partial charge in [0.1, 0.15) is 0 Å². The standard InChI is InChI=1S/C17H17NO2/c1-3-11-18(12-17(19)20)13(2)15-10-6-8-14-7-4-5-9-16(14)15/h1,4-10,13H,11-12H2,2H3,(H,19,20). The first kappa shape index (κ1) is 14.1. The van der Waals surface area contributed by atoms with Gasteiger partial charge in [-0.2, -0.15) is 0 Å². The molecule has 0 aliphatic carbocycles. The van der Waals surface area contributed by atoms with Crippen molar-refractivity contribution < 1.29 is 9.90 Å². The highest BCUT2D eigenvalue weighted by molar-refractivity contribution is 5.86. The van der Waals surface area contributed by atoms with E-state index >= 15 is 0 Å². The van der Waals surface area contributed by atoms with Crippen molar-refractivity contribution in [1.82, 2.24) is 4.90 Å². The molecular formula is C17H17NO2. The lowest BCUT2D eigenvalue weighted by molar-refractivity contribution is -0.138. The number of fused-ring (bicyclic) bond motifs is 1. The normalized spacial score (nSPS) is 12.2. The van der Waals surface area contributed by atoms with Crippen molar-refractivity contribution in [3.05, 3.63) is 48.0 Å². The predicted molar refractivity (Wildman–Crippen MR) is 80.4 cm³/mol. The van der Waals surface area contributed by atoms with Crippen LogP contribution in [0.3, 0.4) is 0 Å². The number of benzene rings is 2. The quantitative estimate of drug-likeness (QED) is 0.847. The predicted octanol–water partition coefficient (Wildman–Crippen LogP) is 2.92. The highest BCUT2D eigenvalue weighted by atomic mass is 16.4. The second-order valence-corrected chi connectivity index (χ2v) is 4.75. The third-order valence-corrected chi connectivity index (χ3v) is 3.45. The second kappa shape index (κ2) is 6.23. The SMILES string of the molecule is C#CCN(CC(=O)O)C(C)c1cccc2ccccc12. The van der Waals surface area contributed by atoms with Crippen molar-refractivity contribution in [2.75, 3.05) is 13.1 Å². The summed E-state index contributed by atoms with van der Waals surface area (Å²) in [5.41, 5.74) is 1.10. The van der Waals surface area contributed by atoms with E-state index in [4.69, 9.17) is 11.5 Å². The van der Waals surface area contributed by atoms with Crippen LogP contribution in [0.15, 0.2) is 42.5 Å². The van der Waals surface area contributed by atoms with E-state index in [1.54, 1.807) is 4.90 Å². The largest absolute Gasteiger partial charge is 0.480 e.